The summed E-state index contributed by atoms with van der Waals surface area (Å²) in [6, 6.07) is 0. The molecule has 0 radical (unpaired) electrons. The van der Waals surface area contributed by atoms with Crippen molar-refractivity contribution < 1.29 is 0 Å². The van der Waals surface area contributed by atoms with Crippen molar-refractivity contribution in [1.82, 2.24) is 0 Å². The third-order valence-corrected chi connectivity index (χ3v) is 0. The largest absolute Gasteiger partial charge is 4.00 e. The summed E-state index contributed by atoms with van der Waals surface area (Å²) >= 11 is 0. The summed E-state index contributed by atoms with van der Waals surface area (Å²) in [5.74, 6) is 0. The first kappa shape index (κ1) is 65.0. The molecular weight excluding hydrogens is 201 g/mol. The molecule has 0 nitrogen and oxygen atoms in total. The number of hydrogen-bond acceptors (Lipinski definition) is 4. The fourth-order valence-corrected chi connectivity index (χ4v) is 0. The average Bonchev–Trinajstić information content (AvgIpc) is 0. The second-order valence-corrected chi connectivity index (χ2v) is 0. The van der Waals surface area contributed by atoms with Crippen molar-refractivity contribution in [1.29, 1.82) is 0 Å². The van der Waals surface area contributed by atoms with Gasteiger partial charge in [-0.2, -0.15) is 0 Å². The molecule has 0 aliphatic rings. The Morgan fingerprint density at radius 2 is 0.400 bits per heavy atom. The summed E-state index contributed by atoms with van der Waals surface area (Å²) in [4.78, 5) is 0. The molecule has 0 N–H and O–H groups in total. The van der Waals surface area contributed by atoms with E-state index in [1.54, 1.807) is 0 Å². The predicted octanol–water partition coefficient (Wildman–Crippen LogP) is -1.46. The minimum absolute atomic E-state index is 0. The maximum absolute atomic E-state index is 0. The molecule has 0 saturated heterocycles. The molecule has 0 aliphatic heterocycles. The fourth-order valence-electron chi connectivity index (χ4n) is 0. The molecule has 0 unspecified atom stereocenters. The third-order valence-electron chi connectivity index (χ3n) is 0. The minimum atomic E-state index is 0. The van der Waals surface area contributed by atoms with Crippen LogP contribution in [0.3, 0.4) is 0 Å². The number of thiol groups is 4. The molecule has 0 spiro atoms. The summed E-state index contributed by atoms with van der Waals surface area (Å²) < 4.78 is 0. The van der Waals surface area contributed by atoms with E-state index in [-0.39, 0.29) is 71.6 Å². The van der Waals surface area contributed by atoms with Gasteiger partial charge in [0.15, 0.2) is 0 Å². The van der Waals surface area contributed by atoms with Crippen LogP contribution in [0.2, 0.25) is 0 Å². The zero-order valence-electron chi connectivity index (χ0n) is 2.29. The molecule has 0 bridgehead atoms. The summed E-state index contributed by atoms with van der Waals surface area (Å²) in [7, 11) is 0. The van der Waals surface area contributed by atoms with Crippen LogP contribution < -0.4 is 0 Å². The van der Waals surface area contributed by atoms with Gasteiger partial charge in [-0.15, -0.1) is 0 Å². The van der Waals surface area contributed by atoms with Crippen LogP contribution in [0.15, 0.2) is 0 Å². The van der Waals surface area contributed by atoms with Gasteiger partial charge in [-0.05, 0) is 0 Å². The molecule has 0 saturated carbocycles. The Bertz CT molecular complexity index is 3.61. The SMILES string of the molecule is [Ge+4].[SH-].[SH-].[SH-].[SH-]. The third kappa shape index (κ3) is 24.5. The van der Waals surface area contributed by atoms with Crippen LogP contribution in [-0.2, 0) is 54.0 Å². The van der Waals surface area contributed by atoms with E-state index in [4.69, 9.17) is 0 Å². The Labute approximate surface area is 71.2 Å². The Kier molecular flexibility index (Phi) is 500. The monoisotopic (exact) mass is 206 g/mol. The van der Waals surface area contributed by atoms with Gasteiger partial charge in [0.2, 0.25) is 0 Å². The van der Waals surface area contributed by atoms with Gasteiger partial charge in [0.25, 0.3) is 0 Å². The van der Waals surface area contributed by atoms with Crippen molar-refractivity contribution in [3.05, 3.63) is 0 Å². The van der Waals surface area contributed by atoms with Gasteiger partial charge in [0, 0.05) is 0 Å². The van der Waals surface area contributed by atoms with Crippen molar-refractivity contribution >= 4 is 71.6 Å². The van der Waals surface area contributed by atoms with Crippen LogP contribution in [0, 0.1) is 0 Å². The van der Waals surface area contributed by atoms with E-state index in [2.05, 4.69) is 0 Å². The summed E-state index contributed by atoms with van der Waals surface area (Å²) in [5, 5.41) is 0. The van der Waals surface area contributed by atoms with Gasteiger partial charge in [0.05, 0.1) is 0 Å². The second-order valence-electron chi connectivity index (χ2n) is 0. The van der Waals surface area contributed by atoms with Gasteiger partial charge >= 0.3 is 17.6 Å². The molecule has 32 valence electrons. The number of rotatable bonds is 0. The van der Waals surface area contributed by atoms with Crippen molar-refractivity contribution in [2.24, 2.45) is 0 Å². The maximum atomic E-state index is 0. The van der Waals surface area contributed by atoms with Crippen LogP contribution in [0.5, 0.6) is 0 Å². The molecule has 0 heterocycles. The zero-order chi connectivity index (χ0) is 0. The van der Waals surface area contributed by atoms with E-state index in [1.807, 2.05) is 0 Å². The summed E-state index contributed by atoms with van der Waals surface area (Å²) in [6.07, 6.45) is 0. The topological polar surface area (TPSA) is 0 Å². The van der Waals surface area contributed by atoms with Crippen molar-refractivity contribution in [2.75, 3.05) is 0 Å². The Balaban J connectivity index is 0. The van der Waals surface area contributed by atoms with Gasteiger partial charge in [0.1, 0.15) is 0 Å². The van der Waals surface area contributed by atoms with E-state index in [0.717, 1.165) is 0 Å². The summed E-state index contributed by atoms with van der Waals surface area (Å²) in [6.45, 7) is 0. The molecule has 0 aromatic heterocycles. The maximum Gasteiger partial charge on any atom is 4.00 e. The van der Waals surface area contributed by atoms with Gasteiger partial charge in [-0.1, -0.05) is 0 Å². The molecule has 0 aromatic carbocycles. The Morgan fingerprint density at radius 3 is 0.400 bits per heavy atom. The predicted molar refractivity (Wildman–Crippen MR) is 40.8 cm³/mol. The fraction of sp³-hybridized carbons (Fsp3) is 0. The minimum Gasteiger partial charge on any atom is -0.813 e. The van der Waals surface area contributed by atoms with E-state index in [0.29, 0.717) is 0 Å². The Hall–Kier alpha value is 1.94. The normalized spacial score (nSPS) is 0. The van der Waals surface area contributed by atoms with Crippen LogP contribution >= 0.6 is 0 Å². The van der Waals surface area contributed by atoms with Crippen LogP contribution in [0.4, 0.5) is 0 Å². The average molecular weight is 205 g/mol. The van der Waals surface area contributed by atoms with Gasteiger partial charge in [-0.3, -0.25) is 0 Å². The smallest absolute Gasteiger partial charge is 0.813 e. The van der Waals surface area contributed by atoms with Gasteiger partial charge in [-0.25, -0.2) is 0 Å². The van der Waals surface area contributed by atoms with E-state index in [1.165, 1.54) is 0 Å². The molecule has 0 fully saturated rings. The quantitative estimate of drug-likeness (QED) is 0.269. The molecule has 5 heteroatoms. The van der Waals surface area contributed by atoms with Crippen molar-refractivity contribution in [2.45, 2.75) is 0 Å². The van der Waals surface area contributed by atoms with Crippen molar-refractivity contribution in [3.8, 4) is 0 Å². The van der Waals surface area contributed by atoms with Crippen LogP contribution in [0.25, 0.3) is 0 Å². The summed E-state index contributed by atoms with van der Waals surface area (Å²) in [5.41, 5.74) is 0. The molecule has 0 amide bonds. The van der Waals surface area contributed by atoms with Gasteiger partial charge < -0.3 is 54.0 Å². The molecule has 5 heavy (non-hydrogen) atoms. The van der Waals surface area contributed by atoms with Crippen molar-refractivity contribution in [3.63, 3.8) is 0 Å². The second kappa shape index (κ2) is 38.5. The Morgan fingerprint density at radius 1 is 0.400 bits per heavy atom. The molecule has 0 rings (SSSR count). The molecule has 0 atom stereocenters. The molecule has 0 aromatic rings. The zero-order valence-corrected chi connectivity index (χ0v) is 7.96. The molecule has 0 aliphatic carbocycles. The van der Waals surface area contributed by atoms with E-state index < -0.39 is 0 Å². The first-order valence-electron chi connectivity index (χ1n) is 0. The first-order valence-corrected chi connectivity index (χ1v) is 0. The van der Waals surface area contributed by atoms with E-state index in [9.17, 15) is 0 Å². The first-order chi connectivity index (χ1) is 0. The van der Waals surface area contributed by atoms with Crippen LogP contribution in [-0.4, -0.2) is 17.6 Å². The molecular formula is H4GeS4. The van der Waals surface area contributed by atoms with Crippen LogP contribution in [0.1, 0.15) is 0 Å². The standard InChI is InChI=1S/Ge.4H2S/h;4*1H2/q+4;;;;/p-4. The number of hydrogen-bond donors (Lipinski definition) is 0. The van der Waals surface area contributed by atoms with E-state index >= 15 is 0 Å².